The van der Waals surface area contributed by atoms with Crippen molar-refractivity contribution >= 4 is 23.5 Å². The Kier molecular flexibility index (Phi) is 3.55. The van der Waals surface area contributed by atoms with Crippen molar-refractivity contribution in [2.24, 2.45) is 22.9 Å². The predicted octanol–water partition coefficient (Wildman–Crippen LogP) is 3.70. The van der Waals surface area contributed by atoms with Crippen LogP contribution in [-0.4, -0.2) is 22.3 Å². The van der Waals surface area contributed by atoms with Crippen LogP contribution in [0, 0.1) is 17.8 Å². The van der Waals surface area contributed by atoms with Crippen LogP contribution in [0.15, 0.2) is 28.7 Å². The van der Waals surface area contributed by atoms with Crippen molar-refractivity contribution in [1.29, 1.82) is 0 Å². The lowest BCUT2D eigenvalue weighted by atomic mass is 9.49. The maximum atomic E-state index is 12.3. The van der Waals surface area contributed by atoms with E-state index in [1.165, 1.54) is 44.2 Å². The second-order valence-corrected chi connectivity index (χ2v) is 9.06. The lowest BCUT2D eigenvalue weighted by Crippen LogP contribution is -2.48. The molecule has 0 atom stereocenters. The molecule has 2 aromatic rings. The lowest BCUT2D eigenvalue weighted by Gasteiger charge is -2.56. The van der Waals surface area contributed by atoms with Crippen LogP contribution in [0.2, 0.25) is 0 Å². The predicted molar refractivity (Wildman–Crippen MR) is 97.8 cm³/mol. The highest BCUT2D eigenvalue weighted by Gasteiger charge is 2.52. The molecule has 0 aromatic carbocycles. The van der Waals surface area contributed by atoms with Gasteiger partial charge in [0.15, 0.2) is 5.69 Å². The first-order valence-electron chi connectivity index (χ1n) is 9.13. The van der Waals surface area contributed by atoms with Gasteiger partial charge in [-0.3, -0.25) is 9.89 Å². The summed E-state index contributed by atoms with van der Waals surface area (Å²) in [6.07, 6.45) is 9.69. The van der Waals surface area contributed by atoms with Gasteiger partial charge in [-0.1, -0.05) is 6.07 Å². The van der Waals surface area contributed by atoms with Gasteiger partial charge in [0.25, 0.3) is 5.91 Å². The molecule has 130 valence electrons. The Morgan fingerprint density at radius 3 is 2.64 bits per heavy atom. The van der Waals surface area contributed by atoms with Gasteiger partial charge in [-0.05, 0) is 73.8 Å². The fourth-order valence-electron chi connectivity index (χ4n) is 5.73. The van der Waals surface area contributed by atoms with E-state index in [4.69, 9.17) is 0 Å². The largest absolute Gasteiger partial charge is 0.291 e. The minimum absolute atomic E-state index is 0.237. The van der Waals surface area contributed by atoms with Crippen molar-refractivity contribution in [2.45, 2.75) is 43.9 Å². The topological polar surface area (TPSA) is 70.1 Å². The number of hydrogen-bond acceptors (Lipinski definition) is 4. The first-order valence-corrected chi connectivity index (χ1v) is 10.0. The Morgan fingerprint density at radius 1 is 1.28 bits per heavy atom. The Bertz CT molecular complexity index is 772. The molecule has 2 aromatic heterocycles. The van der Waals surface area contributed by atoms with Crippen molar-refractivity contribution in [3.05, 3.63) is 39.8 Å². The van der Waals surface area contributed by atoms with Gasteiger partial charge < -0.3 is 0 Å². The van der Waals surface area contributed by atoms with Crippen molar-refractivity contribution in [1.82, 2.24) is 15.6 Å². The van der Waals surface area contributed by atoms with Gasteiger partial charge in [-0.15, -0.1) is 11.3 Å². The first-order chi connectivity index (χ1) is 12.2. The number of aromatic amines is 1. The van der Waals surface area contributed by atoms with Crippen LogP contribution in [0.4, 0.5) is 0 Å². The number of nitrogens with one attached hydrogen (secondary N) is 2. The van der Waals surface area contributed by atoms with Gasteiger partial charge >= 0.3 is 0 Å². The molecule has 4 saturated carbocycles. The fourth-order valence-corrected chi connectivity index (χ4v) is 6.31. The average Bonchev–Trinajstić information content (AvgIpc) is 3.26. The quantitative estimate of drug-likeness (QED) is 0.649. The lowest BCUT2D eigenvalue weighted by molar-refractivity contribution is -0.00721. The number of hydrazone groups is 1. The number of nitrogens with zero attached hydrogens (tertiary/aromatic N) is 2. The number of carbonyl (C=O) groups excluding carboxylic acids is 1. The monoisotopic (exact) mass is 354 g/mol. The smallest absolute Gasteiger partial charge is 0.281 e. The van der Waals surface area contributed by atoms with E-state index in [2.05, 4.69) is 20.7 Å². The molecular formula is C19H22N4OS. The zero-order chi connectivity index (χ0) is 16.9. The number of amides is 1. The standard InChI is InChI=1S/C19H22N4OS/c24-18(23-20-11-15-2-1-3-25-15)16-7-17(22-21-16)19-8-12-4-13(9-19)6-14(5-12)10-19/h1-3,7,11-14H,4-6,8-10H2,(H,21,22)(H,23,24)/b20-11+. The van der Waals surface area contributed by atoms with Crippen LogP contribution >= 0.6 is 11.3 Å². The number of aromatic nitrogens is 2. The highest BCUT2D eigenvalue weighted by Crippen LogP contribution is 2.60. The van der Waals surface area contributed by atoms with Crippen LogP contribution in [0.5, 0.6) is 0 Å². The highest BCUT2D eigenvalue weighted by atomic mass is 32.1. The molecule has 0 spiro atoms. The van der Waals surface area contributed by atoms with Crippen LogP contribution in [0.25, 0.3) is 0 Å². The van der Waals surface area contributed by atoms with E-state index in [1.807, 2.05) is 23.6 Å². The van der Waals surface area contributed by atoms with Crippen molar-refractivity contribution < 1.29 is 4.79 Å². The summed E-state index contributed by atoms with van der Waals surface area (Å²) < 4.78 is 0. The van der Waals surface area contributed by atoms with Gasteiger partial charge in [-0.25, -0.2) is 5.43 Å². The summed E-state index contributed by atoms with van der Waals surface area (Å²) >= 11 is 1.58. The molecule has 0 unspecified atom stereocenters. The Balaban J connectivity index is 1.31. The molecule has 6 heteroatoms. The normalized spacial score (nSPS) is 33.2. The van der Waals surface area contributed by atoms with E-state index in [9.17, 15) is 4.79 Å². The van der Waals surface area contributed by atoms with Gasteiger partial charge in [0.1, 0.15) is 0 Å². The zero-order valence-corrected chi connectivity index (χ0v) is 14.9. The number of hydrogen-bond donors (Lipinski definition) is 2. The molecule has 6 rings (SSSR count). The SMILES string of the molecule is O=C(N/N=C/c1cccs1)c1cc(C23CC4CC(CC(C4)C2)C3)[nH]n1. The summed E-state index contributed by atoms with van der Waals surface area (Å²) in [5, 5.41) is 13.5. The fraction of sp³-hybridized carbons (Fsp3) is 0.526. The van der Waals surface area contributed by atoms with Gasteiger partial charge in [0.2, 0.25) is 0 Å². The number of H-pyrrole nitrogens is 1. The molecule has 4 aliphatic rings. The Labute approximate surface area is 150 Å². The summed E-state index contributed by atoms with van der Waals surface area (Å²) in [6.45, 7) is 0. The molecule has 2 heterocycles. The molecule has 5 nitrogen and oxygen atoms in total. The molecule has 0 saturated heterocycles. The highest BCUT2D eigenvalue weighted by molar-refractivity contribution is 7.11. The van der Waals surface area contributed by atoms with E-state index in [1.54, 1.807) is 17.6 Å². The molecule has 4 aliphatic carbocycles. The van der Waals surface area contributed by atoms with E-state index < -0.39 is 0 Å². The third-order valence-corrected chi connectivity index (χ3v) is 7.13. The summed E-state index contributed by atoms with van der Waals surface area (Å²) in [4.78, 5) is 13.3. The summed E-state index contributed by atoms with van der Waals surface area (Å²) in [7, 11) is 0. The van der Waals surface area contributed by atoms with Crippen LogP contribution in [0.3, 0.4) is 0 Å². The summed E-state index contributed by atoms with van der Waals surface area (Å²) in [5.74, 6) is 2.38. The second-order valence-electron chi connectivity index (χ2n) is 8.08. The molecule has 25 heavy (non-hydrogen) atoms. The second kappa shape index (κ2) is 5.80. The summed E-state index contributed by atoms with van der Waals surface area (Å²) in [6, 6.07) is 5.88. The minimum Gasteiger partial charge on any atom is -0.281 e. The van der Waals surface area contributed by atoms with Gasteiger partial charge in [0, 0.05) is 16.0 Å². The number of rotatable bonds is 4. The number of thiophene rings is 1. The molecule has 0 aliphatic heterocycles. The minimum atomic E-state index is -0.250. The zero-order valence-electron chi connectivity index (χ0n) is 14.1. The molecule has 1 amide bonds. The van der Waals surface area contributed by atoms with Crippen LogP contribution in [0.1, 0.15) is 59.6 Å². The third kappa shape index (κ3) is 2.72. The van der Waals surface area contributed by atoms with Crippen molar-refractivity contribution in [3.8, 4) is 0 Å². The average molecular weight is 354 g/mol. The van der Waals surface area contributed by atoms with E-state index >= 15 is 0 Å². The van der Waals surface area contributed by atoms with Gasteiger partial charge in [0.05, 0.1) is 6.21 Å². The van der Waals surface area contributed by atoms with Crippen LogP contribution in [-0.2, 0) is 5.41 Å². The number of carbonyl (C=O) groups is 1. The maximum Gasteiger partial charge on any atom is 0.291 e. The van der Waals surface area contributed by atoms with Crippen molar-refractivity contribution in [3.63, 3.8) is 0 Å². The first kappa shape index (κ1) is 15.3. The molecule has 0 radical (unpaired) electrons. The van der Waals surface area contributed by atoms with Crippen LogP contribution < -0.4 is 5.43 Å². The molecule has 4 fully saturated rings. The summed E-state index contributed by atoms with van der Waals surface area (Å²) in [5.41, 5.74) is 4.42. The Hall–Kier alpha value is -1.95. The molecule has 4 bridgehead atoms. The molecular weight excluding hydrogens is 332 g/mol. The van der Waals surface area contributed by atoms with E-state index in [-0.39, 0.29) is 11.3 Å². The third-order valence-electron chi connectivity index (χ3n) is 6.32. The van der Waals surface area contributed by atoms with Crippen molar-refractivity contribution in [2.75, 3.05) is 0 Å². The van der Waals surface area contributed by atoms with E-state index in [0.717, 1.165) is 22.6 Å². The van der Waals surface area contributed by atoms with E-state index in [0.29, 0.717) is 5.69 Å². The maximum absolute atomic E-state index is 12.3. The Morgan fingerprint density at radius 2 is 2.00 bits per heavy atom. The van der Waals surface area contributed by atoms with Gasteiger partial charge in [-0.2, -0.15) is 10.2 Å². The molecule has 2 N–H and O–H groups in total.